The van der Waals surface area contributed by atoms with E-state index in [9.17, 15) is 14.9 Å². The Morgan fingerprint density at radius 2 is 2.18 bits per heavy atom. The number of hydrogen-bond acceptors (Lipinski definition) is 6. The van der Waals surface area contributed by atoms with Gasteiger partial charge in [0.1, 0.15) is 23.3 Å². The maximum Gasteiger partial charge on any atom is 0.413 e. The van der Waals surface area contributed by atoms with E-state index in [1.807, 2.05) is 0 Å². The molecule has 0 atom stereocenters. The van der Waals surface area contributed by atoms with Gasteiger partial charge < -0.3 is 10.1 Å². The molecule has 0 unspecified atom stereocenters. The molecule has 1 aromatic rings. The highest BCUT2D eigenvalue weighted by Crippen LogP contribution is 2.31. The molecule has 1 aliphatic rings. The molecule has 8 nitrogen and oxygen atoms in total. The van der Waals surface area contributed by atoms with Gasteiger partial charge >= 0.3 is 11.8 Å². The number of aromatic nitrogens is 1. The van der Waals surface area contributed by atoms with Crippen LogP contribution >= 0.6 is 0 Å². The average molecular weight is 308 g/mol. The van der Waals surface area contributed by atoms with Crippen LogP contribution in [0.4, 0.5) is 22.0 Å². The Morgan fingerprint density at radius 3 is 2.73 bits per heavy atom. The number of anilines is 2. The topological polar surface area (TPSA) is 106 Å². The molecule has 0 aliphatic heterocycles. The lowest BCUT2D eigenvalue weighted by atomic mass is 10.2. The van der Waals surface area contributed by atoms with Gasteiger partial charge in [-0.2, -0.15) is 0 Å². The summed E-state index contributed by atoms with van der Waals surface area (Å²) in [6.07, 6.45) is 2.74. The van der Waals surface area contributed by atoms with Crippen molar-refractivity contribution in [2.24, 2.45) is 5.92 Å². The third-order valence-electron chi connectivity index (χ3n) is 2.99. The second-order valence-electron chi connectivity index (χ2n) is 6.29. The molecule has 1 saturated carbocycles. The van der Waals surface area contributed by atoms with Crippen molar-refractivity contribution in [3.05, 3.63) is 22.4 Å². The van der Waals surface area contributed by atoms with Crippen LogP contribution in [-0.2, 0) is 4.74 Å². The molecule has 0 bridgehead atoms. The molecular formula is C14H20N4O4. The number of nitrogens with zero attached hydrogens (tertiary/aromatic N) is 2. The number of hydrogen-bond donors (Lipinski definition) is 2. The summed E-state index contributed by atoms with van der Waals surface area (Å²) in [4.78, 5) is 26.1. The highest BCUT2D eigenvalue weighted by molar-refractivity contribution is 5.85. The van der Waals surface area contributed by atoms with Crippen LogP contribution < -0.4 is 10.6 Å². The zero-order chi connectivity index (χ0) is 16.3. The zero-order valence-corrected chi connectivity index (χ0v) is 12.9. The van der Waals surface area contributed by atoms with Crippen LogP contribution in [-0.4, -0.2) is 28.1 Å². The molecule has 0 spiro atoms. The number of nitro groups is 1. The Morgan fingerprint density at radius 1 is 1.50 bits per heavy atom. The monoisotopic (exact) mass is 308 g/mol. The molecule has 1 heterocycles. The number of pyridine rings is 1. The highest BCUT2D eigenvalue weighted by Gasteiger charge is 2.23. The van der Waals surface area contributed by atoms with Crippen molar-refractivity contribution >= 4 is 23.3 Å². The van der Waals surface area contributed by atoms with Gasteiger partial charge in [-0.1, -0.05) is 0 Å². The van der Waals surface area contributed by atoms with Crippen molar-refractivity contribution in [3.8, 4) is 0 Å². The molecule has 2 N–H and O–H groups in total. The number of rotatable bonds is 5. The minimum atomic E-state index is -0.651. The lowest BCUT2D eigenvalue weighted by Gasteiger charge is -2.19. The Labute approximate surface area is 128 Å². The summed E-state index contributed by atoms with van der Waals surface area (Å²) in [7, 11) is 0. The average Bonchev–Trinajstić information content (AvgIpc) is 3.17. The van der Waals surface area contributed by atoms with Gasteiger partial charge in [0.2, 0.25) is 0 Å². The van der Waals surface area contributed by atoms with Crippen LogP contribution in [0.25, 0.3) is 0 Å². The quantitative estimate of drug-likeness (QED) is 0.639. The van der Waals surface area contributed by atoms with Crippen LogP contribution in [0.5, 0.6) is 0 Å². The molecule has 0 radical (unpaired) electrons. The van der Waals surface area contributed by atoms with Gasteiger partial charge in [-0.25, -0.2) is 9.78 Å². The van der Waals surface area contributed by atoms with Crippen molar-refractivity contribution in [2.75, 3.05) is 17.2 Å². The third kappa shape index (κ3) is 4.87. The van der Waals surface area contributed by atoms with Gasteiger partial charge in [-0.15, -0.1) is 0 Å². The van der Waals surface area contributed by atoms with Gasteiger partial charge in [-0.05, 0) is 39.5 Å². The van der Waals surface area contributed by atoms with Crippen LogP contribution in [0.3, 0.4) is 0 Å². The second kappa shape index (κ2) is 6.17. The predicted octanol–water partition coefficient (Wildman–Crippen LogP) is 3.16. The fourth-order valence-electron chi connectivity index (χ4n) is 1.79. The van der Waals surface area contributed by atoms with Crippen molar-refractivity contribution < 1.29 is 14.5 Å². The molecule has 1 fully saturated rings. The highest BCUT2D eigenvalue weighted by atomic mass is 16.6. The Bertz CT molecular complexity index is 579. The Balaban J connectivity index is 2.09. The maximum atomic E-state index is 11.7. The number of carbonyl (C=O) groups excluding carboxylic acids is 1. The first kappa shape index (κ1) is 16.0. The first-order chi connectivity index (χ1) is 10.2. The number of nitrogens with one attached hydrogen (secondary N) is 2. The molecule has 0 aromatic carbocycles. The van der Waals surface area contributed by atoms with Crippen molar-refractivity contribution in [2.45, 2.75) is 39.2 Å². The lowest BCUT2D eigenvalue weighted by molar-refractivity contribution is -0.384. The van der Waals surface area contributed by atoms with Crippen LogP contribution in [0.15, 0.2) is 12.3 Å². The van der Waals surface area contributed by atoms with Crippen molar-refractivity contribution in [3.63, 3.8) is 0 Å². The van der Waals surface area contributed by atoms with Gasteiger partial charge in [-0.3, -0.25) is 15.4 Å². The summed E-state index contributed by atoms with van der Waals surface area (Å²) in [5, 5.41) is 16.5. The maximum absolute atomic E-state index is 11.7. The van der Waals surface area contributed by atoms with E-state index in [0.717, 1.165) is 19.0 Å². The lowest BCUT2D eigenvalue weighted by Crippen LogP contribution is -2.27. The molecule has 2 rings (SSSR count). The standard InChI is InChI=1S/C14H20N4O4/c1-14(2,3)22-13(19)17-12-6-10(15-7-9-4-5-9)11(8-16-12)18(20)21/h6,8-9H,4-5,7H2,1-3H3,(H2,15,16,17,19). The van der Waals surface area contributed by atoms with E-state index in [1.165, 1.54) is 6.07 Å². The summed E-state index contributed by atoms with van der Waals surface area (Å²) in [6, 6.07) is 1.45. The molecule has 1 aliphatic carbocycles. The molecule has 8 heteroatoms. The smallest absolute Gasteiger partial charge is 0.413 e. The Kier molecular flexibility index (Phi) is 4.48. The van der Waals surface area contributed by atoms with E-state index >= 15 is 0 Å². The van der Waals surface area contributed by atoms with Crippen LogP contribution in [0.1, 0.15) is 33.6 Å². The van der Waals surface area contributed by atoms with E-state index in [4.69, 9.17) is 4.74 Å². The largest absolute Gasteiger partial charge is 0.444 e. The molecular weight excluding hydrogens is 288 g/mol. The van der Waals surface area contributed by atoms with E-state index in [0.29, 0.717) is 18.2 Å². The van der Waals surface area contributed by atoms with Crippen molar-refractivity contribution in [1.82, 2.24) is 4.98 Å². The molecule has 1 amide bonds. The molecule has 1 aromatic heterocycles. The van der Waals surface area contributed by atoms with Gasteiger partial charge in [0.05, 0.1) is 4.92 Å². The predicted molar refractivity (Wildman–Crippen MR) is 82.0 cm³/mol. The summed E-state index contributed by atoms with van der Waals surface area (Å²) in [6.45, 7) is 5.92. The van der Waals surface area contributed by atoms with E-state index in [2.05, 4.69) is 15.6 Å². The third-order valence-corrected chi connectivity index (χ3v) is 2.99. The van der Waals surface area contributed by atoms with Crippen LogP contribution in [0.2, 0.25) is 0 Å². The number of carbonyl (C=O) groups is 1. The number of ether oxygens (including phenoxy) is 1. The summed E-state index contributed by atoms with van der Waals surface area (Å²) in [5.74, 6) is 0.771. The summed E-state index contributed by atoms with van der Waals surface area (Å²) >= 11 is 0. The fourth-order valence-corrected chi connectivity index (χ4v) is 1.79. The minimum Gasteiger partial charge on any atom is -0.444 e. The van der Waals surface area contributed by atoms with Gasteiger partial charge in [0.15, 0.2) is 0 Å². The van der Waals surface area contributed by atoms with E-state index in [1.54, 1.807) is 20.8 Å². The normalized spacial score (nSPS) is 14.3. The van der Waals surface area contributed by atoms with E-state index in [-0.39, 0.29) is 11.5 Å². The Hall–Kier alpha value is -2.38. The first-order valence-electron chi connectivity index (χ1n) is 7.13. The zero-order valence-electron chi connectivity index (χ0n) is 12.9. The summed E-state index contributed by atoms with van der Waals surface area (Å²) < 4.78 is 5.12. The summed E-state index contributed by atoms with van der Waals surface area (Å²) in [5.41, 5.74) is -0.397. The van der Waals surface area contributed by atoms with E-state index < -0.39 is 16.6 Å². The molecule has 120 valence electrons. The van der Waals surface area contributed by atoms with Crippen LogP contribution in [0, 0.1) is 16.0 Å². The molecule has 0 saturated heterocycles. The minimum absolute atomic E-state index is 0.115. The first-order valence-corrected chi connectivity index (χ1v) is 7.13. The van der Waals surface area contributed by atoms with Gasteiger partial charge in [0.25, 0.3) is 0 Å². The van der Waals surface area contributed by atoms with Crippen molar-refractivity contribution in [1.29, 1.82) is 0 Å². The second-order valence-corrected chi connectivity index (χ2v) is 6.29. The fraction of sp³-hybridized carbons (Fsp3) is 0.571. The number of amides is 1. The SMILES string of the molecule is CC(C)(C)OC(=O)Nc1cc(NCC2CC2)c([N+](=O)[O-])cn1. The van der Waals surface area contributed by atoms with Gasteiger partial charge in [0, 0.05) is 12.6 Å². The molecule has 22 heavy (non-hydrogen) atoms.